The number of hydrogen-bond acceptors (Lipinski definition) is 1. The molecule has 0 heterocycles. The summed E-state index contributed by atoms with van der Waals surface area (Å²) in [7, 11) is 0. The molecule has 0 aromatic carbocycles. The zero-order chi connectivity index (χ0) is 11.5. The first-order valence-corrected chi connectivity index (χ1v) is 5.97. The lowest BCUT2D eigenvalue weighted by Gasteiger charge is -2.14. The molecule has 1 N–H and O–H groups in total. The molecule has 0 aliphatic heterocycles. The van der Waals surface area contributed by atoms with Crippen LogP contribution in [0.1, 0.15) is 52.4 Å². The highest BCUT2D eigenvalue weighted by Gasteiger charge is 2.15. The van der Waals surface area contributed by atoms with Crippen molar-refractivity contribution in [2.75, 3.05) is 6.54 Å². The molecule has 0 radical (unpaired) electrons. The molecule has 2 nitrogen and oxygen atoms in total. The second-order valence-electron chi connectivity index (χ2n) is 3.87. The van der Waals surface area contributed by atoms with Crippen LogP contribution in [0, 0.1) is 18.3 Å². The van der Waals surface area contributed by atoms with Gasteiger partial charge in [-0.15, -0.1) is 12.3 Å². The summed E-state index contributed by atoms with van der Waals surface area (Å²) in [5.74, 6) is 2.97. The maximum atomic E-state index is 11.7. The number of carbonyl (C=O) groups is 1. The number of hydrogen-bond donors (Lipinski definition) is 1. The highest BCUT2D eigenvalue weighted by Crippen LogP contribution is 2.13. The summed E-state index contributed by atoms with van der Waals surface area (Å²) in [6, 6.07) is 0. The predicted molar refractivity (Wildman–Crippen MR) is 64.4 cm³/mol. The number of unbranched alkanes of at least 4 members (excludes halogenated alkanes) is 1. The van der Waals surface area contributed by atoms with Gasteiger partial charge < -0.3 is 5.32 Å². The minimum absolute atomic E-state index is 0.200. The molecule has 0 bridgehead atoms. The van der Waals surface area contributed by atoms with Crippen molar-refractivity contribution in [3.8, 4) is 12.3 Å². The second-order valence-corrected chi connectivity index (χ2v) is 3.87. The Bertz CT molecular complexity index is 199. The van der Waals surface area contributed by atoms with Gasteiger partial charge in [-0.25, -0.2) is 0 Å². The van der Waals surface area contributed by atoms with Crippen LogP contribution in [0.4, 0.5) is 0 Å². The number of rotatable bonds is 8. The number of carbonyl (C=O) groups excluding carboxylic acids is 1. The van der Waals surface area contributed by atoms with Gasteiger partial charge in [-0.05, 0) is 19.3 Å². The van der Waals surface area contributed by atoms with Gasteiger partial charge in [-0.3, -0.25) is 4.79 Å². The van der Waals surface area contributed by atoms with E-state index in [0.29, 0.717) is 6.54 Å². The average molecular weight is 209 g/mol. The molecule has 2 heteroatoms. The van der Waals surface area contributed by atoms with Crippen LogP contribution in [0.25, 0.3) is 0 Å². The SMILES string of the molecule is C#CCCCNC(=O)C(CCC)CCC. The standard InChI is InChI=1S/C13H23NO/c1-4-7-8-11-14-13(15)12(9-5-2)10-6-3/h1,12H,5-11H2,2-3H3,(H,14,15). The van der Waals surface area contributed by atoms with Gasteiger partial charge in [0.15, 0.2) is 0 Å². The molecular formula is C13H23NO. The van der Waals surface area contributed by atoms with E-state index in [1.807, 2.05) is 0 Å². The van der Waals surface area contributed by atoms with E-state index in [1.165, 1.54) is 0 Å². The fraction of sp³-hybridized carbons (Fsp3) is 0.769. The molecule has 0 atom stereocenters. The van der Waals surface area contributed by atoms with Crippen LogP contribution >= 0.6 is 0 Å². The summed E-state index contributed by atoms with van der Waals surface area (Å²) < 4.78 is 0. The van der Waals surface area contributed by atoms with Crippen molar-refractivity contribution < 1.29 is 4.79 Å². The Balaban J connectivity index is 3.76. The Morgan fingerprint density at radius 3 is 2.40 bits per heavy atom. The molecule has 1 amide bonds. The highest BCUT2D eigenvalue weighted by molar-refractivity contribution is 5.78. The van der Waals surface area contributed by atoms with Crippen LogP contribution in [-0.2, 0) is 4.79 Å². The van der Waals surface area contributed by atoms with E-state index in [4.69, 9.17) is 6.42 Å². The molecule has 0 spiro atoms. The summed E-state index contributed by atoms with van der Waals surface area (Å²) in [5.41, 5.74) is 0. The topological polar surface area (TPSA) is 29.1 Å². The van der Waals surface area contributed by atoms with Crippen molar-refractivity contribution in [2.45, 2.75) is 52.4 Å². The molecule has 0 saturated carbocycles. The Hall–Kier alpha value is -0.970. The predicted octanol–water partition coefficient (Wildman–Crippen LogP) is 2.73. The molecule has 0 rings (SSSR count). The lowest BCUT2D eigenvalue weighted by Crippen LogP contribution is -2.31. The van der Waals surface area contributed by atoms with Crippen LogP contribution in [0.5, 0.6) is 0 Å². The van der Waals surface area contributed by atoms with E-state index in [9.17, 15) is 4.79 Å². The number of amides is 1. The first-order chi connectivity index (χ1) is 7.26. The van der Waals surface area contributed by atoms with Crippen molar-refractivity contribution in [3.63, 3.8) is 0 Å². The van der Waals surface area contributed by atoms with Gasteiger partial charge in [0.1, 0.15) is 0 Å². The fourth-order valence-electron chi connectivity index (χ4n) is 1.65. The molecule has 0 aromatic heterocycles. The van der Waals surface area contributed by atoms with E-state index in [2.05, 4.69) is 25.1 Å². The summed E-state index contributed by atoms with van der Waals surface area (Å²) in [4.78, 5) is 11.7. The summed E-state index contributed by atoms with van der Waals surface area (Å²) >= 11 is 0. The van der Waals surface area contributed by atoms with Crippen LogP contribution in [0.3, 0.4) is 0 Å². The molecule has 15 heavy (non-hydrogen) atoms. The number of nitrogens with one attached hydrogen (secondary N) is 1. The van der Waals surface area contributed by atoms with Gasteiger partial charge in [0.2, 0.25) is 5.91 Å². The Morgan fingerprint density at radius 2 is 1.93 bits per heavy atom. The van der Waals surface area contributed by atoms with Gasteiger partial charge >= 0.3 is 0 Å². The molecule has 86 valence electrons. The van der Waals surface area contributed by atoms with E-state index in [-0.39, 0.29) is 11.8 Å². The molecular weight excluding hydrogens is 186 g/mol. The lowest BCUT2D eigenvalue weighted by molar-refractivity contribution is -0.125. The quantitative estimate of drug-likeness (QED) is 0.483. The van der Waals surface area contributed by atoms with E-state index >= 15 is 0 Å². The van der Waals surface area contributed by atoms with Crippen LogP contribution in [0.2, 0.25) is 0 Å². The van der Waals surface area contributed by atoms with E-state index in [0.717, 1.165) is 38.5 Å². The smallest absolute Gasteiger partial charge is 0.223 e. The first-order valence-electron chi connectivity index (χ1n) is 5.97. The molecule has 0 unspecified atom stereocenters. The maximum absolute atomic E-state index is 11.7. The van der Waals surface area contributed by atoms with Crippen molar-refractivity contribution in [1.29, 1.82) is 0 Å². The zero-order valence-corrected chi connectivity index (χ0v) is 10.0. The molecule has 0 aliphatic carbocycles. The minimum atomic E-state index is 0.200. The Kier molecular flexibility index (Phi) is 8.96. The second kappa shape index (κ2) is 9.58. The third-order valence-electron chi connectivity index (χ3n) is 2.44. The van der Waals surface area contributed by atoms with Crippen molar-refractivity contribution >= 4 is 5.91 Å². The largest absolute Gasteiger partial charge is 0.356 e. The van der Waals surface area contributed by atoms with Crippen molar-refractivity contribution in [2.24, 2.45) is 5.92 Å². The third-order valence-corrected chi connectivity index (χ3v) is 2.44. The zero-order valence-electron chi connectivity index (χ0n) is 10.0. The van der Waals surface area contributed by atoms with Crippen LogP contribution in [-0.4, -0.2) is 12.5 Å². The average Bonchev–Trinajstić information content (AvgIpc) is 2.24. The molecule has 0 aromatic rings. The first kappa shape index (κ1) is 14.0. The monoisotopic (exact) mass is 209 g/mol. The fourth-order valence-corrected chi connectivity index (χ4v) is 1.65. The highest BCUT2D eigenvalue weighted by atomic mass is 16.1. The third kappa shape index (κ3) is 7.02. The Morgan fingerprint density at radius 1 is 1.33 bits per heavy atom. The van der Waals surface area contributed by atoms with E-state index < -0.39 is 0 Å². The molecule has 0 saturated heterocycles. The van der Waals surface area contributed by atoms with Gasteiger partial charge in [-0.1, -0.05) is 26.7 Å². The van der Waals surface area contributed by atoms with Gasteiger partial charge in [0.25, 0.3) is 0 Å². The molecule has 0 fully saturated rings. The maximum Gasteiger partial charge on any atom is 0.223 e. The van der Waals surface area contributed by atoms with E-state index in [1.54, 1.807) is 0 Å². The molecule has 0 aliphatic rings. The number of terminal acetylenes is 1. The summed E-state index contributed by atoms with van der Waals surface area (Å²) in [5, 5.41) is 2.95. The summed E-state index contributed by atoms with van der Waals surface area (Å²) in [6.45, 7) is 4.95. The van der Waals surface area contributed by atoms with Crippen molar-refractivity contribution in [1.82, 2.24) is 5.32 Å². The van der Waals surface area contributed by atoms with Crippen molar-refractivity contribution in [3.05, 3.63) is 0 Å². The Labute approximate surface area is 93.8 Å². The minimum Gasteiger partial charge on any atom is -0.356 e. The normalized spacial score (nSPS) is 10.0. The van der Waals surface area contributed by atoms with Gasteiger partial charge in [-0.2, -0.15) is 0 Å². The van der Waals surface area contributed by atoms with Crippen LogP contribution < -0.4 is 5.32 Å². The summed E-state index contributed by atoms with van der Waals surface area (Å²) in [6.07, 6.45) is 10.9. The lowest BCUT2D eigenvalue weighted by atomic mass is 9.97. The van der Waals surface area contributed by atoms with Crippen LogP contribution in [0.15, 0.2) is 0 Å². The van der Waals surface area contributed by atoms with Gasteiger partial charge in [0, 0.05) is 18.9 Å². The van der Waals surface area contributed by atoms with Gasteiger partial charge in [0.05, 0.1) is 0 Å².